The van der Waals surface area contributed by atoms with Crippen molar-refractivity contribution >= 4 is 29.2 Å². The van der Waals surface area contributed by atoms with Crippen LogP contribution in [0.1, 0.15) is 4.88 Å². The first-order chi connectivity index (χ1) is 15.6. The van der Waals surface area contributed by atoms with Gasteiger partial charge in [0.25, 0.3) is 0 Å². The molecule has 0 aliphatic carbocycles. The van der Waals surface area contributed by atoms with E-state index in [0.717, 1.165) is 32.8 Å². The number of carbonyl (C=O) groups excluding carboxylic acids is 1. The van der Waals surface area contributed by atoms with Crippen LogP contribution in [0, 0.1) is 0 Å². The maximum atomic E-state index is 11.6. The Balaban J connectivity index is 0.000000343. The second-order valence-corrected chi connectivity index (χ2v) is 8.03. The normalized spacial score (nSPS) is 20.8. The summed E-state index contributed by atoms with van der Waals surface area (Å²) in [7, 11) is 1.69. The number of halogens is 6. The molecule has 2 fully saturated rings. The number of hydrogen-bond donors (Lipinski definition) is 3. The maximum Gasteiger partial charge on any atom is 0.490 e. The largest absolute Gasteiger partial charge is 0.490 e. The fourth-order valence-electron chi connectivity index (χ4n) is 3.05. The first-order valence-corrected chi connectivity index (χ1v) is 10.4. The van der Waals surface area contributed by atoms with Gasteiger partial charge in [-0.1, -0.05) is 6.07 Å². The summed E-state index contributed by atoms with van der Waals surface area (Å²) in [5, 5.41) is 19.1. The second-order valence-electron chi connectivity index (χ2n) is 7.00. The molecule has 0 bridgehead atoms. The number of morpholine rings is 1. The molecule has 0 unspecified atom stereocenters. The zero-order valence-corrected chi connectivity index (χ0v) is 18.5. The number of carbonyl (C=O) groups is 3. The number of fused-ring (bicyclic) bond motifs is 1. The van der Waals surface area contributed by atoms with E-state index >= 15 is 0 Å². The van der Waals surface area contributed by atoms with Crippen molar-refractivity contribution in [3.63, 3.8) is 0 Å². The van der Waals surface area contributed by atoms with Gasteiger partial charge in [-0.25, -0.2) is 9.59 Å². The molecule has 2 aliphatic rings. The highest BCUT2D eigenvalue weighted by molar-refractivity contribution is 7.09. The molecule has 1 aromatic heterocycles. The molecule has 194 valence electrons. The van der Waals surface area contributed by atoms with Crippen molar-refractivity contribution in [2.75, 3.05) is 39.8 Å². The quantitative estimate of drug-likeness (QED) is 0.510. The highest BCUT2D eigenvalue weighted by atomic mass is 32.1. The summed E-state index contributed by atoms with van der Waals surface area (Å²) >= 11 is 1.80. The molecule has 1 aromatic rings. The Morgan fingerprint density at radius 2 is 1.68 bits per heavy atom. The fraction of sp³-hybridized carbons (Fsp3) is 0.611. The van der Waals surface area contributed by atoms with Gasteiger partial charge in [0, 0.05) is 38.1 Å². The number of likely N-dealkylation sites (tertiary alicyclic amines) is 1. The minimum Gasteiger partial charge on any atom is -0.475 e. The summed E-state index contributed by atoms with van der Waals surface area (Å²) in [4.78, 5) is 35.5. The van der Waals surface area contributed by atoms with Gasteiger partial charge in [-0.15, -0.1) is 11.3 Å². The summed E-state index contributed by atoms with van der Waals surface area (Å²) in [6.07, 6.45) is -9.92. The number of amides is 1. The third-order valence-electron chi connectivity index (χ3n) is 4.56. The van der Waals surface area contributed by atoms with Gasteiger partial charge in [0.15, 0.2) is 0 Å². The second kappa shape index (κ2) is 12.9. The van der Waals surface area contributed by atoms with Crippen LogP contribution in [-0.2, 0) is 25.7 Å². The van der Waals surface area contributed by atoms with Crippen LogP contribution in [0.3, 0.4) is 0 Å². The van der Waals surface area contributed by atoms with E-state index in [-0.39, 0.29) is 12.0 Å². The number of ether oxygens (including phenoxy) is 1. The van der Waals surface area contributed by atoms with Crippen molar-refractivity contribution in [2.45, 2.75) is 31.0 Å². The lowest BCUT2D eigenvalue weighted by Gasteiger charge is -2.36. The first kappa shape index (κ1) is 29.6. The van der Waals surface area contributed by atoms with Gasteiger partial charge in [-0.2, -0.15) is 26.3 Å². The molecule has 16 heteroatoms. The SMILES string of the molecule is CNC(=O)CN1CCO[C@H]2CN(Cc3cccs3)C[C@H]21.O=C(O)C(F)(F)F.O=C(O)C(F)(F)F. The number of hydrogen-bond acceptors (Lipinski definition) is 7. The molecule has 2 saturated heterocycles. The van der Waals surface area contributed by atoms with E-state index in [1.807, 2.05) is 0 Å². The van der Waals surface area contributed by atoms with E-state index < -0.39 is 24.3 Å². The molecule has 3 N–H and O–H groups in total. The van der Waals surface area contributed by atoms with Gasteiger partial charge in [-0.05, 0) is 11.4 Å². The smallest absolute Gasteiger partial charge is 0.475 e. The number of nitrogens with zero attached hydrogens (tertiary/aromatic N) is 2. The zero-order chi connectivity index (χ0) is 26.1. The van der Waals surface area contributed by atoms with E-state index in [0.29, 0.717) is 12.6 Å². The minimum absolute atomic E-state index is 0.0855. The highest BCUT2D eigenvalue weighted by Crippen LogP contribution is 2.25. The van der Waals surface area contributed by atoms with Gasteiger partial charge >= 0.3 is 24.3 Å². The van der Waals surface area contributed by atoms with Crippen molar-refractivity contribution in [1.29, 1.82) is 0 Å². The highest BCUT2D eigenvalue weighted by Gasteiger charge is 2.41. The van der Waals surface area contributed by atoms with Crippen LogP contribution in [0.5, 0.6) is 0 Å². The lowest BCUT2D eigenvalue weighted by atomic mass is 10.1. The summed E-state index contributed by atoms with van der Waals surface area (Å²) in [5.41, 5.74) is 0. The van der Waals surface area contributed by atoms with Crippen molar-refractivity contribution in [2.24, 2.45) is 0 Å². The van der Waals surface area contributed by atoms with E-state index in [2.05, 4.69) is 32.6 Å². The molecule has 0 radical (unpaired) electrons. The van der Waals surface area contributed by atoms with Crippen LogP contribution >= 0.6 is 11.3 Å². The molecular formula is C18H23F6N3O6S. The number of carboxylic acid groups (broad SMARTS) is 2. The molecule has 2 aliphatic heterocycles. The van der Waals surface area contributed by atoms with Crippen LogP contribution in [-0.4, -0.2) is 102 Å². The molecule has 9 nitrogen and oxygen atoms in total. The third-order valence-corrected chi connectivity index (χ3v) is 5.42. The predicted octanol–water partition coefficient (Wildman–Crippen LogP) is 1.65. The molecule has 1 amide bonds. The standard InChI is InChI=1S/C14H21N3O2S.2C2HF3O2/c1-15-14(18)10-17-4-5-19-13-9-16(8-12(13)17)7-11-3-2-6-20-11;2*3-2(4,5)1(6)7/h2-3,6,12-13H,4-5,7-10H2,1H3,(H,15,18);2*(H,6,7)/t12-,13+;;/m1../s1. The Morgan fingerprint density at radius 1 is 1.12 bits per heavy atom. The van der Waals surface area contributed by atoms with Crippen LogP contribution in [0.25, 0.3) is 0 Å². The molecular weight excluding hydrogens is 500 g/mol. The van der Waals surface area contributed by atoms with Crippen LogP contribution in [0.4, 0.5) is 26.3 Å². The summed E-state index contributed by atoms with van der Waals surface area (Å²) in [6.45, 7) is 4.99. The zero-order valence-electron chi connectivity index (χ0n) is 17.7. The molecule has 34 heavy (non-hydrogen) atoms. The molecule has 2 atom stereocenters. The van der Waals surface area contributed by atoms with Gasteiger partial charge in [0.2, 0.25) is 5.91 Å². The van der Waals surface area contributed by atoms with E-state index in [4.69, 9.17) is 24.5 Å². The molecule has 3 heterocycles. The number of likely N-dealkylation sites (N-methyl/N-ethyl adjacent to an activating group) is 1. The van der Waals surface area contributed by atoms with Gasteiger partial charge in [-0.3, -0.25) is 14.6 Å². The van der Waals surface area contributed by atoms with Crippen molar-refractivity contribution in [1.82, 2.24) is 15.1 Å². The topological polar surface area (TPSA) is 119 Å². The van der Waals surface area contributed by atoms with Gasteiger partial charge < -0.3 is 20.3 Å². The number of carboxylic acids is 2. The Hall–Kier alpha value is -2.43. The van der Waals surface area contributed by atoms with Crippen LogP contribution < -0.4 is 5.32 Å². The number of thiophene rings is 1. The Bertz CT molecular complexity index is 781. The van der Waals surface area contributed by atoms with Crippen molar-refractivity contribution in [3.8, 4) is 0 Å². The number of nitrogens with one attached hydrogen (secondary N) is 1. The Labute approximate surface area is 193 Å². The van der Waals surface area contributed by atoms with Crippen molar-refractivity contribution in [3.05, 3.63) is 22.4 Å². The number of alkyl halides is 6. The first-order valence-electron chi connectivity index (χ1n) is 9.56. The molecule has 0 spiro atoms. The maximum absolute atomic E-state index is 11.6. The van der Waals surface area contributed by atoms with Crippen LogP contribution in [0.15, 0.2) is 17.5 Å². The van der Waals surface area contributed by atoms with Crippen LogP contribution in [0.2, 0.25) is 0 Å². The summed E-state index contributed by atoms with van der Waals surface area (Å²) < 4.78 is 69.4. The van der Waals surface area contributed by atoms with Gasteiger partial charge in [0.05, 0.1) is 25.3 Å². The predicted molar refractivity (Wildman–Crippen MR) is 106 cm³/mol. The van der Waals surface area contributed by atoms with E-state index in [1.165, 1.54) is 4.88 Å². The van der Waals surface area contributed by atoms with Gasteiger partial charge in [0.1, 0.15) is 0 Å². The van der Waals surface area contributed by atoms with E-state index in [1.54, 1.807) is 18.4 Å². The summed E-state index contributed by atoms with van der Waals surface area (Å²) in [5.74, 6) is -5.43. The number of aliphatic carboxylic acids is 2. The van der Waals surface area contributed by atoms with E-state index in [9.17, 15) is 31.1 Å². The molecule has 0 aromatic carbocycles. The average Bonchev–Trinajstić information content (AvgIpc) is 3.37. The Morgan fingerprint density at radius 3 is 2.12 bits per heavy atom. The lowest BCUT2D eigenvalue weighted by Crippen LogP contribution is -2.53. The monoisotopic (exact) mass is 523 g/mol. The summed E-state index contributed by atoms with van der Waals surface area (Å²) in [6, 6.07) is 4.62. The average molecular weight is 523 g/mol. The Kier molecular flexibility index (Phi) is 11.2. The molecule has 3 rings (SSSR count). The minimum atomic E-state index is -5.08. The molecule has 0 saturated carbocycles. The fourth-order valence-corrected chi connectivity index (χ4v) is 3.79. The number of rotatable bonds is 4. The van der Waals surface area contributed by atoms with Crippen molar-refractivity contribution < 1.29 is 55.7 Å². The third kappa shape index (κ3) is 10.2. The lowest BCUT2D eigenvalue weighted by molar-refractivity contribution is -0.193.